The first-order valence-corrected chi connectivity index (χ1v) is 6.22. The Bertz CT molecular complexity index is 286. The van der Waals surface area contributed by atoms with Crippen LogP contribution in [0.3, 0.4) is 0 Å². The third-order valence-electron chi connectivity index (χ3n) is 2.52. The van der Waals surface area contributed by atoms with Gasteiger partial charge in [0.1, 0.15) is 0 Å². The van der Waals surface area contributed by atoms with Crippen LogP contribution in [-0.4, -0.2) is 19.8 Å². The quantitative estimate of drug-likeness (QED) is 0.677. The highest BCUT2D eigenvalue weighted by Gasteiger charge is 1.95. The molecule has 0 aliphatic heterocycles. The molecule has 0 heterocycles. The van der Waals surface area contributed by atoms with Gasteiger partial charge in [0, 0.05) is 25.4 Å². The Balaban J connectivity index is 2.05. The molecule has 2 nitrogen and oxygen atoms in total. The minimum atomic E-state index is 0.892. The van der Waals surface area contributed by atoms with Gasteiger partial charge in [-0.1, -0.05) is 25.1 Å². The zero-order valence-electron chi connectivity index (χ0n) is 10.5. The molecule has 90 valence electrons. The fraction of sp³-hybridized carbons (Fsp3) is 0.571. The van der Waals surface area contributed by atoms with Gasteiger partial charge in [-0.3, -0.25) is 0 Å². The molecule has 0 saturated heterocycles. The Labute approximate surface area is 99.0 Å². The molecule has 1 rings (SSSR count). The minimum absolute atomic E-state index is 0.892. The average molecular weight is 221 g/mol. The molecule has 1 aromatic carbocycles. The van der Waals surface area contributed by atoms with Crippen molar-refractivity contribution in [1.29, 1.82) is 0 Å². The van der Waals surface area contributed by atoms with Crippen LogP contribution in [0.1, 0.15) is 31.7 Å². The zero-order valence-corrected chi connectivity index (χ0v) is 10.5. The Hall–Kier alpha value is -1.02. The smallest absolute Gasteiger partial charge is 0.0466 e. The van der Waals surface area contributed by atoms with Crippen molar-refractivity contribution in [1.82, 2.24) is 0 Å². The van der Waals surface area contributed by atoms with Crippen molar-refractivity contribution in [2.75, 3.05) is 25.1 Å². The van der Waals surface area contributed by atoms with E-state index in [1.165, 1.54) is 11.3 Å². The van der Waals surface area contributed by atoms with E-state index in [1.807, 2.05) is 0 Å². The van der Waals surface area contributed by atoms with Gasteiger partial charge in [-0.25, -0.2) is 0 Å². The van der Waals surface area contributed by atoms with E-state index in [9.17, 15) is 0 Å². The molecule has 1 N–H and O–H groups in total. The van der Waals surface area contributed by atoms with Gasteiger partial charge in [-0.2, -0.15) is 0 Å². The predicted molar refractivity (Wildman–Crippen MR) is 70.0 cm³/mol. The molecular weight excluding hydrogens is 198 g/mol. The number of hydrogen-bond acceptors (Lipinski definition) is 2. The van der Waals surface area contributed by atoms with Crippen molar-refractivity contribution >= 4 is 5.69 Å². The molecular formula is C14H23NO. The number of aryl methyl sites for hydroxylation is 1. The molecule has 0 unspecified atom stereocenters. The summed E-state index contributed by atoms with van der Waals surface area (Å²) in [7, 11) is 0. The molecule has 0 atom stereocenters. The third kappa shape index (κ3) is 5.17. The molecule has 0 saturated carbocycles. The maximum atomic E-state index is 5.43. The standard InChI is InChI=1S/C14H23NO/c1-3-11-16-12-7-6-10-15-14-9-5-4-8-13(14)2/h4-5,8-9,15H,3,6-7,10-12H2,1-2H3. The van der Waals surface area contributed by atoms with Gasteiger partial charge in [-0.15, -0.1) is 0 Å². The molecule has 0 spiro atoms. The maximum absolute atomic E-state index is 5.43. The molecule has 16 heavy (non-hydrogen) atoms. The van der Waals surface area contributed by atoms with Crippen molar-refractivity contribution in [2.24, 2.45) is 0 Å². The van der Waals surface area contributed by atoms with Crippen molar-refractivity contribution in [3.05, 3.63) is 29.8 Å². The SMILES string of the molecule is CCCOCCCCNc1ccccc1C. The normalized spacial score (nSPS) is 10.4. The Morgan fingerprint density at radius 1 is 1.12 bits per heavy atom. The summed E-state index contributed by atoms with van der Waals surface area (Å²) in [6.07, 6.45) is 3.42. The number of benzene rings is 1. The van der Waals surface area contributed by atoms with Gasteiger partial charge >= 0.3 is 0 Å². The van der Waals surface area contributed by atoms with Crippen molar-refractivity contribution in [2.45, 2.75) is 33.1 Å². The predicted octanol–water partition coefficient (Wildman–Crippen LogP) is 3.61. The van der Waals surface area contributed by atoms with Gasteiger partial charge in [0.05, 0.1) is 0 Å². The fourth-order valence-corrected chi connectivity index (χ4v) is 1.57. The zero-order chi connectivity index (χ0) is 11.6. The van der Waals surface area contributed by atoms with E-state index in [2.05, 4.69) is 43.4 Å². The van der Waals surface area contributed by atoms with Crippen LogP contribution in [0.15, 0.2) is 24.3 Å². The summed E-state index contributed by atoms with van der Waals surface area (Å²) >= 11 is 0. The lowest BCUT2D eigenvalue weighted by molar-refractivity contribution is 0.131. The minimum Gasteiger partial charge on any atom is -0.385 e. The summed E-state index contributed by atoms with van der Waals surface area (Å²) in [5.74, 6) is 0. The first kappa shape index (κ1) is 13.0. The van der Waals surface area contributed by atoms with E-state index in [1.54, 1.807) is 0 Å². The van der Waals surface area contributed by atoms with Crippen molar-refractivity contribution in [3.63, 3.8) is 0 Å². The highest BCUT2D eigenvalue weighted by atomic mass is 16.5. The van der Waals surface area contributed by atoms with Crippen LogP contribution in [0.25, 0.3) is 0 Å². The van der Waals surface area contributed by atoms with Crippen LogP contribution in [0.2, 0.25) is 0 Å². The Kier molecular flexibility index (Phi) is 6.66. The van der Waals surface area contributed by atoms with Crippen molar-refractivity contribution in [3.8, 4) is 0 Å². The fourth-order valence-electron chi connectivity index (χ4n) is 1.57. The summed E-state index contributed by atoms with van der Waals surface area (Å²) < 4.78 is 5.43. The molecule has 0 aliphatic rings. The lowest BCUT2D eigenvalue weighted by Crippen LogP contribution is -2.04. The maximum Gasteiger partial charge on any atom is 0.0466 e. The summed E-state index contributed by atoms with van der Waals surface area (Å²) in [6, 6.07) is 8.40. The van der Waals surface area contributed by atoms with Crippen molar-refractivity contribution < 1.29 is 4.74 Å². The highest BCUT2D eigenvalue weighted by Crippen LogP contribution is 2.12. The number of unbranched alkanes of at least 4 members (excludes halogenated alkanes) is 1. The lowest BCUT2D eigenvalue weighted by Gasteiger charge is -2.09. The number of ether oxygens (including phenoxy) is 1. The highest BCUT2D eigenvalue weighted by molar-refractivity contribution is 5.49. The summed E-state index contributed by atoms with van der Waals surface area (Å²) in [4.78, 5) is 0. The van der Waals surface area contributed by atoms with Crippen LogP contribution in [0.4, 0.5) is 5.69 Å². The second kappa shape index (κ2) is 8.17. The number of nitrogens with one attached hydrogen (secondary N) is 1. The first-order valence-electron chi connectivity index (χ1n) is 6.22. The van der Waals surface area contributed by atoms with Crippen LogP contribution in [-0.2, 0) is 4.74 Å². The molecule has 2 heteroatoms. The Morgan fingerprint density at radius 2 is 1.94 bits per heavy atom. The number of para-hydroxylation sites is 1. The molecule has 0 radical (unpaired) electrons. The van der Waals surface area contributed by atoms with Gasteiger partial charge in [0.25, 0.3) is 0 Å². The van der Waals surface area contributed by atoms with Crippen LogP contribution >= 0.6 is 0 Å². The Morgan fingerprint density at radius 3 is 2.69 bits per heavy atom. The van der Waals surface area contributed by atoms with E-state index in [4.69, 9.17) is 4.74 Å². The average Bonchev–Trinajstić information content (AvgIpc) is 2.30. The van der Waals surface area contributed by atoms with Crippen LogP contribution < -0.4 is 5.32 Å². The summed E-state index contributed by atoms with van der Waals surface area (Å²) in [5, 5.41) is 3.45. The summed E-state index contributed by atoms with van der Waals surface area (Å²) in [6.45, 7) is 7.08. The first-order chi connectivity index (χ1) is 7.84. The number of rotatable bonds is 8. The van der Waals surface area contributed by atoms with E-state index in [-0.39, 0.29) is 0 Å². The second-order valence-corrected chi connectivity index (χ2v) is 4.06. The van der Waals surface area contributed by atoms with E-state index in [0.717, 1.165) is 39.0 Å². The summed E-state index contributed by atoms with van der Waals surface area (Å²) in [5.41, 5.74) is 2.56. The molecule has 0 amide bonds. The molecule has 1 aromatic rings. The van der Waals surface area contributed by atoms with E-state index < -0.39 is 0 Å². The number of anilines is 1. The van der Waals surface area contributed by atoms with Crippen LogP contribution in [0.5, 0.6) is 0 Å². The topological polar surface area (TPSA) is 21.3 Å². The van der Waals surface area contributed by atoms with E-state index >= 15 is 0 Å². The van der Waals surface area contributed by atoms with Gasteiger partial charge in [0.2, 0.25) is 0 Å². The van der Waals surface area contributed by atoms with E-state index in [0.29, 0.717) is 0 Å². The molecule has 0 fully saturated rings. The largest absolute Gasteiger partial charge is 0.385 e. The monoisotopic (exact) mass is 221 g/mol. The molecule has 0 bridgehead atoms. The third-order valence-corrected chi connectivity index (χ3v) is 2.52. The van der Waals surface area contributed by atoms with Gasteiger partial charge in [-0.05, 0) is 37.8 Å². The molecule has 0 aromatic heterocycles. The number of hydrogen-bond donors (Lipinski definition) is 1. The van der Waals surface area contributed by atoms with Gasteiger partial charge in [0.15, 0.2) is 0 Å². The van der Waals surface area contributed by atoms with Crippen LogP contribution in [0, 0.1) is 6.92 Å². The van der Waals surface area contributed by atoms with Gasteiger partial charge < -0.3 is 10.1 Å². The second-order valence-electron chi connectivity index (χ2n) is 4.06. The lowest BCUT2D eigenvalue weighted by atomic mass is 10.2. The molecule has 0 aliphatic carbocycles.